The van der Waals surface area contributed by atoms with Gasteiger partial charge in [-0.1, -0.05) is 65.7 Å². The van der Waals surface area contributed by atoms with Crippen LogP contribution < -0.4 is 0 Å². The molecule has 1 atom stereocenters. The van der Waals surface area contributed by atoms with Crippen molar-refractivity contribution >= 4 is 0 Å². The van der Waals surface area contributed by atoms with Crippen molar-refractivity contribution in [1.29, 1.82) is 0 Å². The van der Waals surface area contributed by atoms with Crippen molar-refractivity contribution in [3.05, 3.63) is 6.61 Å². The van der Waals surface area contributed by atoms with Gasteiger partial charge in [0.2, 0.25) is 0 Å². The van der Waals surface area contributed by atoms with Gasteiger partial charge >= 0.3 is 0 Å². The molecule has 0 N–H and O–H groups in total. The lowest BCUT2D eigenvalue weighted by molar-refractivity contribution is -0.123. The van der Waals surface area contributed by atoms with Gasteiger partial charge in [0.05, 0.1) is 6.61 Å². The molecular weight excluding hydrogens is 224 g/mol. The third-order valence-corrected chi connectivity index (χ3v) is 3.05. The summed E-state index contributed by atoms with van der Waals surface area (Å²) in [6.07, 6.45) is 12.6. The minimum absolute atomic E-state index is 0.0329. The molecule has 0 aromatic rings. The standard InChI is InChI=1S/C16H33O2/c1-4-7-8-9-10-11-12-13-15-18-16(6-3)17-14-5-2/h14,16H,4-13,15H2,1-3H3. The normalized spacial score (nSPS) is 12.8. The Morgan fingerprint density at radius 1 is 0.833 bits per heavy atom. The van der Waals surface area contributed by atoms with Crippen LogP contribution in [0.2, 0.25) is 0 Å². The third kappa shape index (κ3) is 12.4. The zero-order chi connectivity index (χ0) is 13.5. The van der Waals surface area contributed by atoms with Gasteiger partial charge in [0.25, 0.3) is 0 Å². The van der Waals surface area contributed by atoms with Crippen molar-refractivity contribution in [2.75, 3.05) is 6.61 Å². The van der Waals surface area contributed by atoms with Crippen LogP contribution in [0.4, 0.5) is 0 Å². The molecule has 0 heterocycles. The first-order valence-corrected chi connectivity index (χ1v) is 7.93. The largest absolute Gasteiger partial charge is 0.353 e. The van der Waals surface area contributed by atoms with Gasteiger partial charge in [-0.25, -0.2) is 0 Å². The Kier molecular flexibility index (Phi) is 14.9. The van der Waals surface area contributed by atoms with Crippen LogP contribution in [-0.2, 0) is 9.47 Å². The first-order valence-electron chi connectivity index (χ1n) is 7.93. The quantitative estimate of drug-likeness (QED) is 0.303. The van der Waals surface area contributed by atoms with E-state index in [1.165, 1.54) is 51.4 Å². The van der Waals surface area contributed by atoms with Gasteiger partial charge in [-0.3, -0.25) is 0 Å². The molecule has 0 bridgehead atoms. The van der Waals surface area contributed by atoms with Crippen molar-refractivity contribution in [3.63, 3.8) is 0 Å². The zero-order valence-corrected chi connectivity index (χ0v) is 12.7. The second-order valence-corrected chi connectivity index (χ2v) is 4.89. The Balaban J connectivity index is 3.17. The molecule has 0 spiro atoms. The molecule has 0 rings (SSSR count). The molecule has 1 unspecified atom stereocenters. The van der Waals surface area contributed by atoms with E-state index in [0.717, 1.165) is 19.4 Å². The number of unbranched alkanes of at least 4 members (excludes halogenated alkanes) is 7. The summed E-state index contributed by atoms with van der Waals surface area (Å²) in [5.41, 5.74) is 0. The zero-order valence-electron chi connectivity index (χ0n) is 12.7. The fourth-order valence-corrected chi connectivity index (χ4v) is 1.91. The third-order valence-electron chi connectivity index (χ3n) is 3.05. The maximum absolute atomic E-state index is 5.68. The second kappa shape index (κ2) is 15.0. The minimum Gasteiger partial charge on any atom is -0.353 e. The van der Waals surface area contributed by atoms with Crippen LogP contribution in [0.15, 0.2) is 0 Å². The predicted octanol–water partition coefficient (Wildman–Crippen LogP) is 5.47. The van der Waals surface area contributed by atoms with Gasteiger partial charge in [0.1, 0.15) is 0 Å². The summed E-state index contributed by atoms with van der Waals surface area (Å²) in [6.45, 7) is 9.11. The van der Waals surface area contributed by atoms with Crippen LogP contribution in [0.5, 0.6) is 0 Å². The maximum Gasteiger partial charge on any atom is 0.157 e. The molecule has 2 heteroatoms. The Bertz CT molecular complexity index is 148. The first-order chi connectivity index (χ1) is 8.85. The second-order valence-electron chi connectivity index (χ2n) is 4.89. The van der Waals surface area contributed by atoms with E-state index in [1.54, 1.807) is 0 Å². The van der Waals surface area contributed by atoms with Crippen LogP contribution in [0.25, 0.3) is 0 Å². The molecule has 0 saturated heterocycles. The van der Waals surface area contributed by atoms with Gasteiger partial charge in [-0.15, -0.1) is 0 Å². The highest BCUT2D eigenvalue weighted by molar-refractivity contribution is 4.50. The van der Waals surface area contributed by atoms with Crippen LogP contribution in [0.1, 0.15) is 85.0 Å². The summed E-state index contributed by atoms with van der Waals surface area (Å²) in [7, 11) is 0. The molecule has 0 saturated carbocycles. The highest BCUT2D eigenvalue weighted by atomic mass is 16.7. The fourth-order valence-electron chi connectivity index (χ4n) is 1.91. The predicted molar refractivity (Wildman–Crippen MR) is 78.3 cm³/mol. The average molecular weight is 257 g/mol. The molecule has 0 aliphatic heterocycles. The molecule has 0 aromatic carbocycles. The molecular formula is C16H33O2. The van der Waals surface area contributed by atoms with Crippen molar-refractivity contribution in [3.8, 4) is 0 Å². The SMILES string of the molecule is CC[CH]OC(CC)OCCCCCCCCCC. The van der Waals surface area contributed by atoms with E-state index >= 15 is 0 Å². The van der Waals surface area contributed by atoms with Crippen LogP contribution >= 0.6 is 0 Å². The molecule has 0 fully saturated rings. The lowest BCUT2D eigenvalue weighted by Gasteiger charge is -2.16. The summed E-state index contributed by atoms with van der Waals surface area (Å²) in [6, 6.07) is 0. The van der Waals surface area contributed by atoms with E-state index in [2.05, 4.69) is 20.8 Å². The number of ether oxygens (including phenoxy) is 2. The first kappa shape index (κ1) is 17.9. The Morgan fingerprint density at radius 3 is 2.00 bits per heavy atom. The summed E-state index contributed by atoms with van der Waals surface area (Å²) in [4.78, 5) is 0. The molecule has 2 nitrogen and oxygen atoms in total. The number of hydrogen-bond acceptors (Lipinski definition) is 2. The fraction of sp³-hybridized carbons (Fsp3) is 0.938. The van der Waals surface area contributed by atoms with Gasteiger partial charge < -0.3 is 9.47 Å². The molecule has 18 heavy (non-hydrogen) atoms. The Labute approximate surface area is 114 Å². The topological polar surface area (TPSA) is 18.5 Å². The van der Waals surface area contributed by atoms with Crippen LogP contribution in [-0.4, -0.2) is 12.9 Å². The van der Waals surface area contributed by atoms with E-state index in [-0.39, 0.29) is 6.29 Å². The summed E-state index contributed by atoms with van der Waals surface area (Å²) in [5, 5.41) is 0. The van der Waals surface area contributed by atoms with E-state index in [9.17, 15) is 0 Å². The molecule has 0 amide bonds. The molecule has 0 aliphatic rings. The smallest absolute Gasteiger partial charge is 0.157 e. The van der Waals surface area contributed by atoms with Crippen LogP contribution in [0, 0.1) is 6.61 Å². The van der Waals surface area contributed by atoms with Crippen molar-refractivity contribution in [2.45, 2.75) is 91.3 Å². The molecule has 0 aliphatic carbocycles. The van der Waals surface area contributed by atoms with Gasteiger partial charge in [-0.05, 0) is 19.3 Å². The highest BCUT2D eigenvalue weighted by Gasteiger charge is 2.05. The monoisotopic (exact) mass is 257 g/mol. The summed E-state index contributed by atoms with van der Waals surface area (Å²) >= 11 is 0. The Morgan fingerprint density at radius 2 is 1.44 bits per heavy atom. The van der Waals surface area contributed by atoms with E-state index in [0.29, 0.717) is 0 Å². The van der Waals surface area contributed by atoms with Crippen molar-refractivity contribution in [1.82, 2.24) is 0 Å². The van der Waals surface area contributed by atoms with Crippen molar-refractivity contribution < 1.29 is 9.47 Å². The molecule has 0 aromatic heterocycles. The van der Waals surface area contributed by atoms with Crippen LogP contribution in [0.3, 0.4) is 0 Å². The average Bonchev–Trinajstić information content (AvgIpc) is 2.40. The van der Waals surface area contributed by atoms with Crippen molar-refractivity contribution in [2.24, 2.45) is 0 Å². The minimum atomic E-state index is -0.0329. The van der Waals surface area contributed by atoms with E-state index in [1.807, 2.05) is 6.61 Å². The lowest BCUT2D eigenvalue weighted by Crippen LogP contribution is -2.15. The summed E-state index contributed by atoms with van der Waals surface area (Å²) < 4.78 is 11.2. The van der Waals surface area contributed by atoms with E-state index in [4.69, 9.17) is 9.47 Å². The van der Waals surface area contributed by atoms with Gasteiger partial charge in [0.15, 0.2) is 6.29 Å². The number of hydrogen-bond donors (Lipinski definition) is 0. The highest BCUT2D eigenvalue weighted by Crippen LogP contribution is 2.10. The van der Waals surface area contributed by atoms with Gasteiger partial charge in [-0.2, -0.15) is 0 Å². The molecule has 1 radical (unpaired) electrons. The lowest BCUT2D eigenvalue weighted by atomic mass is 10.1. The van der Waals surface area contributed by atoms with E-state index < -0.39 is 0 Å². The maximum atomic E-state index is 5.68. The molecule has 109 valence electrons. The Hall–Kier alpha value is -0.0800. The van der Waals surface area contributed by atoms with Gasteiger partial charge in [0, 0.05) is 6.61 Å². The summed E-state index contributed by atoms with van der Waals surface area (Å²) in [5.74, 6) is 0. The number of rotatable bonds is 14.